The third-order valence-electron chi connectivity index (χ3n) is 6.57. The lowest BCUT2D eigenvalue weighted by molar-refractivity contribution is -0.159. The lowest BCUT2D eigenvalue weighted by atomic mass is 9.99. The number of piperidine rings is 1. The van der Waals surface area contributed by atoms with Crippen LogP contribution in [-0.4, -0.2) is 81.6 Å². The largest absolute Gasteiger partial charge is 0.473 e. The number of carbonyl (C=O) groups excluding carboxylic acids is 2. The van der Waals surface area contributed by atoms with Crippen LogP contribution in [0.3, 0.4) is 0 Å². The maximum Gasteiger partial charge on any atom is 0.414 e. The van der Waals surface area contributed by atoms with Crippen LogP contribution in [0.15, 0.2) is 42.5 Å². The molecule has 2 amide bonds. The van der Waals surface area contributed by atoms with Gasteiger partial charge in [-0.1, -0.05) is 37.3 Å². The van der Waals surface area contributed by atoms with E-state index in [0.29, 0.717) is 29.3 Å². The number of nitrogens with zero attached hydrogens (tertiary/aromatic N) is 2. The van der Waals surface area contributed by atoms with Gasteiger partial charge < -0.3 is 30.4 Å². The maximum atomic E-state index is 13.1. The van der Waals surface area contributed by atoms with Gasteiger partial charge in [0.05, 0.1) is 6.61 Å². The minimum atomic E-state index is -1.82. The van der Waals surface area contributed by atoms with Gasteiger partial charge in [0, 0.05) is 48.9 Å². The second kappa shape index (κ2) is 14.8. The molecule has 0 atom stereocenters. The first-order valence-corrected chi connectivity index (χ1v) is 12.6. The highest BCUT2D eigenvalue weighted by molar-refractivity contribution is 6.27. The van der Waals surface area contributed by atoms with Crippen molar-refractivity contribution >= 4 is 29.4 Å². The van der Waals surface area contributed by atoms with Crippen LogP contribution in [0.25, 0.3) is 0 Å². The van der Waals surface area contributed by atoms with Crippen molar-refractivity contribution in [1.29, 1.82) is 0 Å². The van der Waals surface area contributed by atoms with Crippen LogP contribution < -0.4 is 5.32 Å². The number of carboxylic acid groups (broad SMARTS) is 2. The van der Waals surface area contributed by atoms with Gasteiger partial charge in [0.25, 0.3) is 5.91 Å². The number of benzene rings is 2. The highest BCUT2D eigenvalue weighted by atomic mass is 16.4. The van der Waals surface area contributed by atoms with Crippen LogP contribution in [0.1, 0.15) is 53.2 Å². The fourth-order valence-corrected chi connectivity index (χ4v) is 4.34. The fourth-order valence-electron chi connectivity index (χ4n) is 4.34. The zero-order chi connectivity index (χ0) is 28.2. The second-order valence-corrected chi connectivity index (χ2v) is 9.24. The Morgan fingerprint density at radius 1 is 1.03 bits per heavy atom. The molecule has 206 valence electrons. The highest BCUT2D eigenvalue weighted by Crippen LogP contribution is 2.25. The monoisotopic (exact) mass is 527 g/mol. The molecule has 38 heavy (non-hydrogen) atoms. The summed E-state index contributed by atoms with van der Waals surface area (Å²) in [6, 6.07) is 14.5. The number of aliphatic hydroxyl groups excluding tert-OH is 1. The molecule has 1 aliphatic heterocycles. The van der Waals surface area contributed by atoms with Crippen molar-refractivity contribution in [3.8, 4) is 0 Å². The molecule has 0 radical (unpaired) electrons. The normalized spacial score (nSPS) is 13.4. The number of hydrogen-bond acceptors (Lipinski definition) is 6. The number of nitrogens with one attached hydrogen (secondary N) is 1. The van der Waals surface area contributed by atoms with Crippen molar-refractivity contribution in [1.82, 2.24) is 9.80 Å². The summed E-state index contributed by atoms with van der Waals surface area (Å²) < 4.78 is 0. The Morgan fingerprint density at radius 3 is 2.16 bits per heavy atom. The molecule has 0 unspecified atom stereocenters. The SMILES string of the molecule is CCC(=O)Nc1c(C)cc(C(=O)N2CCC(N(C)CCc3ccccc3)CC2)cc1CO.O=C(O)C(=O)O. The molecule has 3 rings (SSSR count). The Hall–Kier alpha value is -3.76. The average molecular weight is 528 g/mol. The molecule has 0 aromatic heterocycles. The Labute approximate surface area is 222 Å². The van der Waals surface area contributed by atoms with E-state index in [0.717, 1.165) is 44.5 Å². The number of aliphatic hydroxyl groups is 1. The summed E-state index contributed by atoms with van der Waals surface area (Å²) in [6.45, 7) is 5.86. The third-order valence-corrected chi connectivity index (χ3v) is 6.57. The number of aliphatic carboxylic acids is 2. The van der Waals surface area contributed by atoms with Crippen molar-refractivity contribution in [2.24, 2.45) is 0 Å². The summed E-state index contributed by atoms with van der Waals surface area (Å²) in [5.41, 5.74) is 3.88. The number of likely N-dealkylation sites (tertiary alicyclic amines) is 1. The van der Waals surface area contributed by atoms with Crippen molar-refractivity contribution in [3.63, 3.8) is 0 Å². The van der Waals surface area contributed by atoms with Crippen molar-refractivity contribution in [2.45, 2.75) is 52.2 Å². The Balaban J connectivity index is 0.000000757. The number of hydrogen-bond donors (Lipinski definition) is 4. The van der Waals surface area contributed by atoms with Crippen LogP contribution in [-0.2, 0) is 27.4 Å². The molecule has 2 aromatic carbocycles. The summed E-state index contributed by atoms with van der Waals surface area (Å²) >= 11 is 0. The first kappa shape index (κ1) is 30.5. The zero-order valence-corrected chi connectivity index (χ0v) is 22.1. The van der Waals surface area contributed by atoms with E-state index < -0.39 is 11.9 Å². The number of likely N-dealkylation sites (N-methyl/N-ethyl adjacent to an activating group) is 1. The number of amides is 2. The average Bonchev–Trinajstić information content (AvgIpc) is 2.93. The van der Waals surface area contributed by atoms with E-state index in [1.165, 1.54) is 5.56 Å². The highest BCUT2D eigenvalue weighted by Gasteiger charge is 2.26. The molecule has 1 heterocycles. The van der Waals surface area contributed by atoms with Gasteiger partial charge in [0.2, 0.25) is 5.91 Å². The third kappa shape index (κ3) is 8.97. The standard InChI is InChI=1S/C26H35N3O3.C2H2O4/c1-4-24(31)27-25-19(2)16-21(17-22(25)18-30)26(32)29-14-11-23(12-15-29)28(3)13-10-20-8-6-5-7-9-20;3-1(4)2(5)6/h5-9,16-17,23,30H,4,10-15,18H2,1-3H3,(H,27,31);(H,3,4)(H,5,6). The topological polar surface area (TPSA) is 147 Å². The molecule has 0 aliphatic carbocycles. The van der Waals surface area contributed by atoms with E-state index in [9.17, 15) is 14.7 Å². The van der Waals surface area contributed by atoms with Crippen molar-refractivity contribution in [2.75, 3.05) is 32.0 Å². The predicted molar refractivity (Wildman–Crippen MR) is 143 cm³/mol. The molecule has 1 aliphatic rings. The summed E-state index contributed by atoms with van der Waals surface area (Å²) in [5.74, 6) is -3.77. The van der Waals surface area contributed by atoms with Gasteiger partial charge in [-0.25, -0.2) is 9.59 Å². The second-order valence-electron chi connectivity index (χ2n) is 9.24. The molecular formula is C28H37N3O7. The quantitative estimate of drug-likeness (QED) is 0.383. The van der Waals surface area contributed by atoms with Crippen molar-refractivity contribution in [3.05, 3.63) is 64.7 Å². The zero-order valence-electron chi connectivity index (χ0n) is 22.1. The van der Waals surface area contributed by atoms with E-state index in [4.69, 9.17) is 19.8 Å². The van der Waals surface area contributed by atoms with Gasteiger partial charge in [-0.3, -0.25) is 9.59 Å². The molecule has 10 nitrogen and oxygen atoms in total. The number of carbonyl (C=O) groups is 4. The van der Waals surface area contributed by atoms with Gasteiger partial charge in [-0.15, -0.1) is 0 Å². The Morgan fingerprint density at radius 2 is 1.63 bits per heavy atom. The van der Waals surface area contributed by atoms with E-state index in [2.05, 4.69) is 41.5 Å². The Kier molecular flexibility index (Phi) is 11.9. The summed E-state index contributed by atoms with van der Waals surface area (Å²) in [4.78, 5) is 47.5. The van der Waals surface area contributed by atoms with Crippen LogP contribution in [0.5, 0.6) is 0 Å². The number of carboxylic acids is 2. The molecule has 0 spiro atoms. The smallest absolute Gasteiger partial charge is 0.414 e. The first-order valence-electron chi connectivity index (χ1n) is 12.6. The molecule has 0 bridgehead atoms. The molecule has 1 fully saturated rings. The predicted octanol–water partition coefficient (Wildman–Crippen LogP) is 2.77. The number of rotatable bonds is 8. The van der Waals surface area contributed by atoms with Crippen LogP contribution >= 0.6 is 0 Å². The molecular weight excluding hydrogens is 490 g/mol. The molecule has 1 saturated heterocycles. The number of anilines is 1. The minimum Gasteiger partial charge on any atom is -0.473 e. The summed E-state index contributed by atoms with van der Waals surface area (Å²) in [5, 5.41) is 27.4. The number of aryl methyl sites for hydroxylation is 1. The van der Waals surface area contributed by atoms with E-state index >= 15 is 0 Å². The maximum absolute atomic E-state index is 13.1. The molecule has 10 heteroatoms. The van der Waals surface area contributed by atoms with E-state index in [1.807, 2.05) is 24.0 Å². The van der Waals surface area contributed by atoms with Crippen LogP contribution in [0.2, 0.25) is 0 Å². The van der Waals surface area contributed by atoms with Gasteiger partial charge in [0.15, 0.2) is 0 Å². The minimum absolute atomic E-state index is 0.0124. The van der Waals surface area contributed by atoms with Gasteiger partial charge >= 0.3 is 11.9 Å². The fraction of sp³-hybridized carbons (Fsp3) is 0.429. The van der Waals surface area contributed by atoms with Crippen LogP contribution in [0, 0.1) is 6.92 Å². The summed E-state index contributed by atoms with van der Waals surface area (Å²) in [7, 11) is 2.17. The lowest BCUT2D eigenvalue weighted by Gasteiger charge is -2.37. The van der Waals surface area contributed by atoms with Crippen LogP contribution in [0.4, 0.5) is 5.69 Å². The van der Waals surface area contributed by atoms with E-state index in [-0.39, 0.29) is 18.4 Å². The molecule has 0 saturated carbocycles. The van der Waals surface area contributed by atoms with Gasteiger partial charge in [-0.05, 0) is 56.5 Å². The van der Waals surface area contributed by atoms with Gasteiger partial charge in [-0.2, -0.15) is 0 Å². The lowest BCUT2D eigenvalue weighted by Crippen LogP contribution is -2.46. The van der Waals surface area contributed by atoms with Crippen molar-refractivity contribution < 1.29 is 34.5 Å². The Bertz CT molecular complexity index is 1100. The molecule has 2 aromatic rings. The molecule has 4 N–H and O–H groups in total. The first-order chi connectivity index (χ1) is 18.1. The summed E-state index contributed by atoms with van der Waals surface area (Å²) in [6.07, 6.45) is 3.29. The van der Waals surface area contributed by atoms with Gasteiger partial charge in [0.1, 0.15) is 0 Å². The van der Waals surface area contributed by atoms with E-state index in [1.54, 1.807) is 13.0 Å².